The van der Waals surface area contributed by atoms with Crippen LogP contribution in [0.1, 0.15) is 19.0 Å². The molecule has 6 nitrogen and oxygen atoms in total. The van der Waals surface area contributed by atoms with Gasteiger partial charge < -0.3 is 14.8 Å². The Hall–Kier alpha value is -1.40. The van der Waals surface area contributed by atoms with Gasteiger partial charge in [0, 0.05) is 24.4 Å². The summed E-state index contributed by atoms with van der Waals surface area (Å²) in [4.78, 5) is 18.1. The summed E-state index contributed by atoms with van der Waals surface area (Å²) < 4.78 is 10.9. The van der Waals surface area contributed by atoms with E-state index in [1.165, 1.54) is 6.07 Å². The van der Waals surface area contributed by atoms with Crippen molar-refractivity contribution in [2.75, 3.05) is 25.1 Å². The molecule has 1 aromatic rings. The average molecular weight is 253 g/mol. The summed E-state index contributed by atoms with van der Waals surface area (Å²) >= 11 is 0. The van der Waals surface area contributed by atoms with Gasteiger partial charge in [0.1, 0.15) is 0 Å². The van der Waals surface area contributed by atoms with Crippen LogP contribution in [0.3, 0.4) is 0 Å². The summed E-state index contributed by atoms with van der Waals surface area (Å²) in [7, 11) is 0. The molecular weight excluding hydrogens is 234 g/mol. The smallest absolute Gasteiger partial charge is 0.252 e. The molecule has 18 heavy (non-hydrogen) atoms. The number of hydrogen-bond acceptors (Lipinski definition) is 5. The first-order valence-electron chi connectivity index (χ1n) is 6.17. The Morgan fingerprint density at radius 1 is 1.72 bits per heavy atom. The number of anilines is 1. The summed E-state index contributed by atoms with van der Waals surface area (Å²) in [6.07, 6.45) is 1.14. The second kappa shape index (κ2) is 5.97. The molecule has 1 aliphatic heterocycles. The van der Waals surface area contributed by atoms with Crippen molar-refractivity contribution >= 4 is 5.95 Å². The molecule has 6 heteroatoms. The van der Waals surface area contributed by atoms with Crippen LogP contribution in [0.4, 0.5) is 5.95 Å². The third kappa shape index (κ3) is 3.82. The van der Waals surface area contributed by atoms with Gasteiger partial charge in [-0.3, -0.25) is 9.78 Å². The number of hydrogen-bond donors (Lipinski definition) is 2. The molecule has 0 spiro atoms. The lowest BCUT2D eigenvalue weighted by atomic mass is 10.3. The summed E-state index contributed by atoms with van der Waals surface area (Å²) in [6.45, 7) is 5.78. The Kier molecular flexibility index (Phi) is 4.33. The maximum absolute atomic E-state index is 11.3. The predicted octanol–water partition coefficient (Wildman–Crippen LogP) is 0.684. The Morgan fingerprint density at radius 2 is 2.56 bits per heavy atom. The molecule has 1 saturated heterocycles. The minimum atomic E-state index is -0.151. The largest absolute Gasteiger partial charge is 0.379 e. The Bertz CT molecular complexity index is 440. The molecule has 1 fully saturated rings. The van der Waals surface area contributed by atoms with Crippen LogP contribution in [0.2, 0.25) is 0 Å². The van der Waals surface area contributed by atoms with Gasteiger partial charge in [0.25, 0.3) is 5.56 Å². The Balaban J connectivity index is 1.82. The number of nitrogens with zero attached hydrogens (tertiary/aromatic N) is 1. The predicted molar refractivity (Wildman–Crippen MR) is 67.9 cm³/mol. The highest BCUT2D eigenvalue weighted by Crippen LogP contribution is 2.09. The SMILES string of the molecule is Cc1cc(=O)[nH]c(NC(C)COC2CCOC2)n1. The number of nitrogens with one attached hydrogen (secondary N) is 2. The summed E-state index contributed by atoms with van der Waals surface area (Å²) in [6, 6.07) is 1.54. The van der Waals surface area contributed by atoms with E-state index in [1.807, 2.05) is 6.92 Å². The minimum absolute atomic E-state index is 0.0792. The van der Waals surface area contributed by atoms with Crippen molar-refractivity contribution in [3.05, 3.63) is 22.1 Å². The number of aromatic nitrogens is 2. The molecule has 2 unspecified atom stereocenters. The third-order valence-electron chi connectivity index (χ3n) is 2.72. The molecular formula is C12H19N3O3. The van der Waals surface area contributed by atoms with Crippen molar-refractivity contribution in [1.29, 1.82) is 0 Å². The molecule has 1 aliphatic rings. The number of aryl methyl sites for hydroxylation is 1. The first kappa shape index (κ1) is 13.0. The van der Waals surface area contributed by atoms with Gasteiger partial charge in [-0.1, -0.05) is 0 Å². The average Bonchev–Trinajstić information content (AvgIpc) is 2.77. The monoisotopic (exact) mass is 253 g/mol. The Labute approximate surface area is 106 Å². The van der Waals surface area contributed by atoms with E-state index in [1.54, 1.807) is 6.92 Å². The second-order valence-electron chi connectivity index (χ2n) is 4.60. The van der Waals surface area contributed by atoms with Crippen LogP contribution in [-0.2, 0) is 9.47 Å². The molecule has 2 rings (SSSR count). The van der Waals surface area contributed by atoms with Crippen LogP contribution in [-0.4, -0.2) is 41.9 Å². The highest BCUT2D eigenvalue weighted by molar-refractivity contribution is 5.26. The number of rotatable bonds is 5. The molecule has 100 valence electrons. The van der Waals surface area contributed by atoms with Gasteiger partial charge in [-0.05, 0) is 20.3 Å². The van der Waals surface area contributed by atoms with Gasteiger partial charge >= 0.3 is 0 Å². The Morgan fingerprint density at radius 3 is 3.22 bits per heavy atom. The fourth-order valence-electron chi connectivity index (χ4n) is 1.85. The second-order valence-corrected chi connectivity index (χ2v) is 4.60. The van der Waals surface area contributed by atoms with E-state index in [-0.39, 0.29) is 17.7 Å². The van der Waals surface area contributed by atoms with E-state index >= 15 is 0 Å². The van der Waals surface area contributed by atoms with Gasteiger partial charge in [0.15, 0.2) is 0 Å². The van der Waals surface area contributed by atoms with E-state index in [4.69, 9.17) is 9.47 Å². The molecule has 0 radical (unpaired) electrons. The van der Waals surface area contributed by atoms with Crippen LogP contribution in [0.25, 0.3) is 0 Å². The highest BCUT2D eigenvalue weighted by Gasteiger charge is 2.17. The standard InChI is InChI=1S/C12H19N3O3/c1-8-5-11(16)15-12(13-8)14-9(2)6-18-10-3-4-17-7-10/h5,9-10H,3-4,6-7H2,1-2H3,(H2,13,14,15,16). The molecule has 0 amide bonds. The molecule has 2 heterocycles. The van der Waals surface area contributed by atoms with Gasteiger partial charge in [0.2, 0.25) is 5.95 Å². The van der Waals surface area contributed by atoms with Crippen molar-refractivity contribution < 1.29 is 9.47 Å². The lowest BCUT2D eigenvalue weighted by Gasteiger charge is -2.17. The fraction of sp³-hybridized carbons (Fsp3) is 0.667. The number of aromatic amines is 1. The van der Waals surface area contributed by atoms with Crippen molar-refractivity contribution in [1.82, 2.24) is 9.97 Å². The zero-order valence-electron chi connectivity index (χ0n) is 10.7. The van der Waals surface area contributed by atoms with E-state index in [0.29, 0.717) is 24.9 Å². The minimum Gasteiger partial charge on any atom is -0.379 e. The lowest BCUT2D eigenvalue weighted by Crippen LogP contribution is -2.27. The fourth-order valence-corrected chi connectivity index (χ4v) is 1.85. The molecule has 0 saturated carbocycles. The maximum Gasteiger partial charge on any atom is 0.252 e. The van der Waals surface area contributed by atoms with E-state index < -0.39 is 0 Å². The number of ether oxygens (including phenoxy) is 2. The highest BCUT2D eigenvalue weighted by atomic mass is 16.5. The summed E-state index contributed by atoms with van der Waals surface area (Å²) in [5.41, 5.74) is 0.542. The van der Waals surface area contributed by atoms with Gasteiger partial charge in [-0.15, -0.1) is 0 Å². The quantitative estimate of drug-likeness (QED) is 0.807. The van der Waals surface area contributed by atoms with Gasteiger partial charge in [-0.25, -0.2) is 4.98 Å². The van der Waals surface area contributed by atoms with E-state index in [2.05, 4.69) is 15.3 Å². The van der Waals surface area contributed by atoms with Gasteiger partial charge in [-0.2, -0.15) is 0 Å². The van der Waals surface area contributed by atoms with Crippen LogP contribution in [0, 0.1) is 6.92 Å². The molecule has 0 aromatic carbocycles. The van der Waals surface area contributed by atoms with Crippen LogP contribution >= 0.6 is 0 Å². The van der Waals surface area contributed by atoms with Crippen molar-refractivity contribution in [2.45, 2.75) is 32.4 Å². The molecule has 0 bridgehead atoms. The first-order valence-corrected chi connectivity index (χ1v) is 6.17. The van der Waals surface area contributed by atoms with Crippen molar-refractivity contribution in [2.24, 2.45) is 0 Å². The number of H-pyrrole nitrogens is 1. The lowest BCUT2D eigenvalue weighted by molar-refractivity contribution is 0.0394. The third-order valence-corrected chi connectivity index (χ3v) is 2.72. The molecule has 2 atom stereocenters. The summed E-state index contributed by atoms with van der Waals surface area (Å²) in [5.74, 6) is 0.485. The normalized spacial score (nSPS) is 20.9. The molecule has 1 aromatic heterocycles. The van der Waals surface area contributed by atoms with E-state index in [9.17, 15) is 4.79 Å². The van der Waals surface area contributed by atoms with Crippen molar-refractivity contribution in [3.8, 4) is 0 Å². The van der Waals surface area contributed by atoms with E-state index in [0.717, 1.165) is 13.0 Å². The maximum atomic E-state index is 11.3. The van der Waals surface area contributed by atoms with Crippen LogP contribution < -0.4 is 10.9 Å². The van der Waals surface area contributed by atoms with Crippen molar-refractivity contribution in [3.63, 3.8) is 0 Å². The summed E-state index contributed by atoms with van der Waals surface area (Å²) in [5, 5.41) is 3.12. The van der Waals surface area contributed by atoms with Crippen LogP contribution in [0.5, 0.6) is 0 Å². The first-order chi connectivity index (χ1) is 8.63. The van der Waals surface area contributed by atoms with Gasteiger partial charge in [0.05, 0.1) is 19.3 Å². The molecule has 0 aliphatic carbocycles. The zero-order chi connectivity index (χ0) is 13.0. The molecule has 2 N–H and O–H groups in total. The van der Waals surface area contributed by atoms with Crippen LogP contribution in [0.15, 0.2) is 10.9 Å². The topological polar surface area (TPSA) is 76.2 Å². The zero-order valence-corrected chi connectivity index (χ0v) is 10.7.